The first-order chi connectivity index (χ1) is 8.72. The van der Waals surface area contributed by atoms with Gasteiger partial charge < -0.3 is 10.4 Å². The van der Waals surface area contributed by atoms with Crippen molar-refractivity contribution in [1.82, 2.24) is 0 Å². The highest BCUT2D eigenvalue weighted by molar-refractivity contribution is 7.92. The predicted octanol–water partition coefficient (Wildman–Crippen LogP) is 2.16. The van der Waals surface area contributed by atoms with Crippen LogP contribution in [-0.4, -0.2) is 31.7 Å². The van der Waals surface area contributed by atoms with E-state index in [4.69, 9.17) is 5.11 Å². The lowest BCUT2D eigenvalue weighted by Gasteiger charge is -2.16. The maximum absolute atomic E-state index is 12.3. The van der Waals surface area contributed by atoms with E-state index in [1.807, 2.05) is 6.92 Å². The fourth-order valence-electron chi connectivity index (χ4n) is 1.38. The number of benzene rings is 1. The highest BCUT2D eigenvalue weighted by Crippen LogP contribution is 2.30. The minimum Gasteiger partial charge on any atom is -0.394 e. The van der Waals surface area contributed by atoms with Crippen LogP contribution in [0, 0.1) is 0 Å². The molecule has 19 heavy (non-hydrogen) atoms. The van der Waals surface area contributed by atoms with Crippen LogP contribution in [0.1, 0.15) is 13.3 Å². The van der Waals surface area contributed by atoms with Crippen LogP contribution in [0.5, 0.6) is 0 Å². The van der Waals surface area contributed by atoms with Crippen molar-refractivity contribution in [2.75, 3.05) is 11.9 Å². The first-order valence-electron chi connectivity index (χ1n) is 5.51. The van der Waals surface area contributed by atoms with Crippen LogP contribution < -0.4 is 5.32 Å². The van der Waals surface area contributed by atoms with Crippen LogP contribution in [0.3, 0.4) is 0 Å². The summed E-state index contributed by atoms with van der Waals surface area (Å²) in [5, 5.41) is 11.8. The lowest BCUT2D eigenvalue weighted by atomic mass is 10.2. The van der Waals surface area contributed by atoms with Gasteiger partial charge in [0.05, 0.1) is 11.5 Å². The monoisotopic (exact) mass is 297 g/mol. The van der Waals surface area contributed by atoms with E-state index in [1.165, 1.54) is 12.1 Å². The minimum absolute atomic E-state index is 0.126. The molecule has 0 spiro atoms. The maximum atomic E-state index is 12.3. The Balaban J connectivity index is 2.95. The molecule has 0 saturated heterocycles. The fourth-order valence-corrected chi connectivity index (χ4v) is 2.14. The Bertz CT molecular complexity index is 507. The second-order valence-corrected chi connectivity index (χ2v) is 5.85. The Labute approximate surface area is 109 Å². The van der Waals surface area contributed by atoms with Crippen molar-refractivity contribution in [2.45, 2.75) is 29.8 Å². The van der Waals surface area contributed by atoms with Gasteiger partial charge >= 0.3 is 5.51 Å². The standard InChI is InChI=1S/C11H14F3NO3S/c1-2-8(7-16)15-9-3-5-10(6-4-9)19(17,18)11(12,13)14/h3-6,8,15-16H,2,7H2,1H3. The van der Waals surface area contributed by atoms with Gasteiger partial charge in [-0.2, -0.15) is 13.2 Å². The Morgan fingerprint density at radius 1 is 1.26 bits per heavy atom. The SMILES string of the molecule is CCC(CO)Nc1ccc(S(=O)(=O)C(F)(F)F)cc1. The number of hydrogen-bond donors (Lipinski definition) is 2. The normalized spacial score (nSPS) is 14.2. The number of sulfone groups is 1. The topological polar surface area (TPSA) is 66.4 Å². The van der Waals surface area contributed by atoms with E-state index < -0.39 is 20.2 Å². The summed E-state index contributed by atoms with van der Waals surface area (Å²) < 4.78 is 59.1. The lowest BCUT2D eigenvalue weighted by Crippen LogP contribution is -2.24. The van der Waals surface area contributed by atoms with Crippen molar-refractivity contribution < 1.29 is 26.7 Å². The van der Waals surface area contributed by atoms with Gasteiger partial charge in [-0.15, -0.1) is 0 Å². The molecular weight excluding hydrogens is 283 g/mol. The summed E-state index contributed by atoms with van der Waals surface area (Å²) >= 11 is 0. The summed E-state index contributed by atoms with van der Waals surface area (Å²) in [6.07, 6.45) is 0.624. The molecule has 0 aliphatic carbocycles. The molecule has 0 bridgehead atoms. The van der Waals surface area contributed by atoms with Crippen LogP contribution >= 0.6 is 0 Å². The molecule has 0 radical (unpaired) electrons. The summed E-state index contributed by atoms with van der Waals surface area (Å²) in [7, 11) is -5.31. The number of nitrogens with one attached hydrogen (secondary N) is 1. The third-order valence-corrected chi connectivity index (χ3v) is 4.06. The van der Waals surface area contributed by atoms with Gasteiger partial charge in [0.1, 0.15) is 0 Å². The van der Waals surface area contributed by atoms with Crippen LogP contribution in [-0.2, 0) is 9.84 Å². The van der Waals surface area contributed by atoms with E-state index in [9.17, 15) is 21.6 Å². The van der Waals surface area contributed by atoms with Crippen LogP contribution in [0.25, 0.3) is 0 Å². The Kier molecular flexibility index (Phi) is 4.81. The van der Waals surface area contributed by atoms with Crippen LogP contribution in [0.2, 0.25) is 0 Å². The van der Waals surface area contributed by atoms with Gasteiger partial charge in [-0.3, -0.25) is 0 Å². The quantitative estimate of drug-likeness (QED) is 0.874. The van der Waals surface area contributed by atoms with Gasteiger partial charge in [0.2, 0.25) is 0 Å². The molecule has 0 aromatic heterocycles. The van der Waals surface area contributed by atoms with E-state index in [0.29, 0.717) is 12.1 Å². The highest BCUT2D eigenvalue weighted by Gasteiger charge is 2.46. The lowest BCUT2D eigenvalue weighted by molar-refractivity contribution is -0.0436. The van der Waals surface area contributed by atoms with Crippen LogP contribution in [0.4, 0.5) is 18.9 Å². The average Bonchev–Trinajstić information content (AvgIpc) is 2.35. The summed E-state index contributed by atoms with van der Waals surface area (Å²) in [5.41, 5.74) is -4.86. The van der Waals surface area contributed by atoms with Gasteiger partial charge in [0.25, 0.3) is 9.84 Å². The molecule has 0 aliphatic rings. The van der Waals surface area contributed by atoms with Crippen molar-refractivity contribution >= 4 is 15.5 Å². The van der Waals surface area contributed by atoms with Crippen molar-refractivity contribution in [3.8, 4) is 0 Å². The van der Waals surface area contributed by atoms with E-state index >= 15 is 0 Å². The molecule has 1 aromatic rings. The van der Waals surface area contributed by atoms with E-state index in [0.717, 1.165) is 12.1 Å². The smallest absolute Gasteiger partial charge is 0.394 e. The zero-order valence-corrected chi connectivity index (χ0v) is 10.9. The zero-order chi connectivity index (χ0) is 14.7. The minimum atomic E-state index is -5.31. The molecule has 0 fully saturated rings. The molecule has 8 heteroatoms. The average molecular weight is 297 g/mol. The summed E-state index contributed by atoms with van der Waals surface area (Å²) in [4.78, 5) is -0.803. The summed E-state index contributed by atoms with van der Waals surface area (Å²) in [6.45, 7) is 1.70. The second kappa shape index (κ2) is 5.79. The molecule has 1 atom stereocenters. The number of anilines is 1. The van der Waals surface area contributed by atoms with Crippen molar-refractivity contribution in [3.63, 3.8) is 0 Å². The molecule has 1 unspecified atom stereocenters. The molecule has 1 aromatic carbocycles. The summed E-state index contributed by atoms with van der Waals surface area (Å²) in [6, 6.07) is 4.00. The van der Waals surface area contributed by atoms with Gasteiger partial charge in [0.15, 0.2) is 0 Å². The second-order valence-electron chi connectivity index (χ2n) is 3.91. The van der Waals surface area contributed by atoms with E-state index in [2.05, 4.69) is 5.32 Å². The predicted molar refractivity (Wildman–Crippen MR) is 64.5 cm³/mol. The maximum Gasteiger partial charge on any atom is 0.501 e. The number of halogens is 3. The largest absolute Gasteiger partial charge is 0.501 e. The van der Waals surface area contributed by atoms with Gasteiger partial charge in [0, 0.05) is 11.7 Å². The van der Waals surface area contributed by atoms with E-state index in [1.54, 1.807) is 0 Å². The number of aliphatic hydroxyl groups excluding tert-OH is 1. The first kappa shape index (κ1) is 15.8. The van der Waals surface area contributed by atoms with Crippen LogP contribution in [0.15, 0.2) is 29.2 Å². The summed E-state index contributed by atoms with van der Waals surface area (Å²) in [5.74, 6) is 0. The number of hydrogen-bond acceptors (Lipinski definition) is 4. The molecular formula is C11H14F3NO3S. The third kappa shape index (κ3) is 3.60. The Hall–Kier alpha value is -1.28. The molecule has 0 aliphatic heterocycles. The molecule has 4 nitrogen and oxygen atoms in total. The molecule has 0 heterocycles. The molecule has 108 valence electrons. The Morgan fingerprint density at radius 2 is 1.79 bits per heavy atom. The van der Waals surface area contributed by atoms with Gasteiger partial charge in [-0.05, 0) is 30.7 Å². The molecule has 1 rings (SSSR count). The highest BCUT2D eigenvalue weighted by atomic mass is 32.2. The zero-order valence-electron chi connectivity index (χ0n) is 10.1. The number of aliphatic hydroxyl groups is 1. The Morgan fingerprint density at radius 3 is 2.16 bits per heavy atom. The van der Waals surface area contributed by atoms with E-state index in [-0.39, 0.29) is 12.6 Å². The third-order valence-electron chi connectivity index (χ3n) is 2.55. The first-order valence-corrected chi connectivity index (χ1v) is 6.99. The van der Waals surface area contributed by atoms with Gasteiger partial charge in [-0.1, -0.05) is 6.92 Å². The van der Waals surface area contributed by atoms with Crippen molar-refractivity contribution in [2.24, 2.45) is 0 Å². The van der Waals surface area contributed by atoms with Crippen molar-refractivity contribution in [1.29, 1.82) is 0 Å². The molecule has 2 N–H and O–H groups in total. The number of alkyl halides is 3. The molecule has 0 saturated carbocycles. The van der Waals surface area contributed by atoms with Crippen molar-refractivity contribution in [3.05, 3.63) is 24.3 Å². The number of rotatable bonds is 5. The fraction of sp³-hybridized carbons (Fsp3) is 0.455. The van der Waals surface area contributed by atoms with Gasteiger partial charge in [-0.25, -0.2) is 8.42 Å². The molecule has 0 amide bonds.